The summed E-state index contributed by atoms with van der Waals surface area (Å²) in [5.41, 5.74) is 2.82. The van der Waals surface area contributed by atoms with Crippen LogP contribution in [0.3, 0.4) is 0 Å². The highest BCUT2D eigenvalue weighted by Crippen LogP contribution is 2.33. The lowest BCUT2D eigenvalue weighted by Crippen LogP contribution is -2.25. The standard InChI is InChI=1S/C21H18Br2N4O3S/c1-11(2)25-21-27(24-8-13-5-14(22)7-15(23)20(13)29)17(10-31-21)12-3-4-18-16(6-12)26-19(28)9-30-18/h3-8,10-11,29H,9H2,1-2H3,(H,26,28). The summed E-state index contributed by atoms with van der Waals surface area (Å²) in [5.74, 6) is 0.539. The first-order valence-corrected chi connectivity index (χ1v) is 11.8. The molecular weight excluding hydrogens is 548 g/mol. The van der Waals surface area contributed by atoms with Gasteiger partial charge in [0.25, 0.3) is 5.91 Å². The molecular formula is C21H18Br2N4O3S. The van der Waals surface area contributed by atoms with Crippen LogP contribution in [0.1, 0.15) is 19.4 Å². The molecule has 0 atom stereocenters. The SMILES string of the molecule is CC(C)N=c1scc(-c2ccc3c(c2)NC(=O)CO3)n1N=Cc1cc(Br)cc(Br)c1O. The number of nitrogens with one attached hydrogen (secondary N) is 1. The third-order valence-electron chi connectivity index (χ3n) is 4.33. The maximum atomic E-state index is 11.7. The lowest BCUT2D eigenvalue weighted by atomic mass is 10.1. The number of hydrogen-bond acceptors (Lipinski definition) is 6. The molecule has 4 rings (SSSR count). The molecule has 2 N–H and O–H groups in total. The molecule has 2 heterocycles. The third kappa shape index (κ3) is 4.76. The van der Waals surface area contributed by atoms with Crippen LogP contribution in [0.25, 0.3) is 11.3 Å². The minimum atomic E-state index is -0.188. The Morgan fingerprint density at radius 1 is 1.29 bits per heavy atom. The molecule has 0 fully saturated rings. The fourth-order valence-electron chi connectivity index (χ4n) is 2.97. The molecule has 1 aromatic heterocycles. The minimum Gasteiger partial charge on any atom is -0.506 e. The average Bonchev–Trinajstić information content (AvgIpc) is 3.10. The van der Waals surface area contributed by atoms with Gasteiger partial charge < -0.3 is 15.2 Å². The number of rotatable bonds is 4. The number of carbonyl (C=O) groups is 1. The number of phenolic OH excluding ortho intramolecular Hbond substituents is 1. The zero-order valence-electron chi connectivity index (χ0n) is 16.6. The molecule has 10 heteroatoms. The first kappa shape index (κ1) is 21.8. The van der Waals surface area contributed by atoms with Gasteiger partial charge in [-0.3, -0.25) is 9.79 Å². The molecule has 0 aliphatic carbocycles. The number of hydrogen-bond donors (Lipinski definition) is 2. The lowest BCUT2D eigenvalue weighted by Gasteiger charge is -2.18. The Labute approximate surface area is 199 Å². The summed E-state index contributed by atoms with van der Waals surface area (Å²) in [6.07, 6.45) is 1.59. The topological polar surface area (TPSA) is 88.2 Å². The van der Waals surface area contributed by atoms with Crippen LogP contribution in [0.4, 0.5) is 5.69 Å². The number of phenols is 1. The fraction of sp³-hybridized carbons (Fsp3) is 0.190. The van der Waals surface area contributed by atoms with E-state index in [2.05, 4.69) is 47.3 Å². The van der Waals surface area contributed by atoms with E-state index in [1.165, 1.54) is 11.3 Å². The van der Waals surface area contributed by atoms with Crippen molar-refractivity contribution in [3.8, 4) is 22.8 Å². The van der Waals surface area contributed by atoms with Gasteiger partial charge in [0.05, 0.1) is 22.1 Å². The summed E-state index contributed by atoms with van der Waals surface area (Å²) < 4.78 is 8.56. The normalized spacial score (nSPS) is 14.1. The summed E-state index contributed by atoms with van der Waals surface area (Å²) >= 11 is 8.24. The Hall–Kier alpha value is -2.43. The number of halogens is 2. The first-order valence-electron chi connectivity index (χ1n) is 9.35. The molecule has 0 unspecified atom stereocenters. The third-order valence-corrected chi connectivity index (χ3v) is 6.22. The summed E-state index contributed by atoms with van der Waals surface area (Å²) in [6, 6.07) is 9.22. The van der Waals surface area contributed by atoms with Gasteiger partial charge in [0.15, 0.2) is 6.61 Å². The first-order chi connectivity index (χ1) is 14.8. The molecule has 3 aromatic rings. The highest BCUT2D eigenvalue weighted by atomic mass is 79.9. The van der Waals surface area contributed by atoms with E-state index < -0.39 is 0 Å². The van der Waals surface area contributed by atoms with Crippen LogP contribution >= 0.6 is 43.2 Å². The van der Waals surface area contributed by atoms with Gasteiger partial charge in [0.2, 0.25) is 4.80 Å². The zero-order valence-corrected chi connectivity index (χ0v) is 20.6. The van der Waals surface area contributed by atoms with Gasteiger partial charge in [0, 0.05) is 27.0 Å². The largest absolute Gasteiger partial charge is 0.506 e. The van der Waals surface area contributed by atoms with Gasteiger partial charge in [-0.1, -0.05) is 15.9 Å². The van der Waals surface area contributed by atoms with E-state index in [0.717, 1.165) is 15.7 Å². The highest BCUT2D eigenvalue weighted by molar-refractivity contribution is 9.11. The van der Waals surface area contributed by atoms with Gasteiger partial charge in [-0.15, -0.1) is 11.3 Å². The molecule has 0 spiro atoms. The number of aromatic hydroxyl groups is 1. The quantitative estimate of drug-likeness (QED) is 0.438. The number of benzene rings is 2. The van der Waals surface area contributed by atoms with Crippen LogP contribution in [-0.4, -0.2) is 34.6 Å². The van der Waals surface area contributed by atoms with E-state index in [1.807, 2.05) is 37.4 Å². The van der Waals surface area contributed by atoms with Crippen molar-refractivity contribution >= 4 is 61.0 Å². The van der Waals surface area contributed by atoms with Crippen LogP contribution in [0.15, 0.2) is 54.8 Å². The maximum Gasteiger partial charge on any atom is 0.262 e. The summed E-state index contributed by atoms with van der Waals surface area (Å²) in [5, 5.41) is 19.8. The van der Waals surface area contributed by atoms with Crippen LogP contribution in [0.2, 0.25) is 0 Å². The van der Waals surface area contributed by atoms with Gasteiger partial charge in [-0.2, -0.15) is 5.10 Å². The van der Waals surface area contributed by atoms with E-state index in [0.29, 0.717) is 26.3 Å². The molecule has 7 nitrogen and oxygen atoms in total. The maximum absolute atomic E-state index is 11.7. The number of anilines is 1. The van der Waals surface area contributed by atoms with Gasteiger partial charge in [-0.25, -0.2) is 4.68 Å². The van der Waals surface area contributed by atoms with Crippen molar-refractivity contribution < 1.29 is 14.6 Å². The number of ether oxygens (including phenoxy) is 1. The van der Waals surface area contributed by atoms with Crippen molar-refractivity contribution in [1.29, 1.82) is 0 Å². The second-order valence-electron chi connectivity index (χ2n) is 7.06. The molecule has 0 saturated heterocycles. The van der Waals surface area contributed by atoms with Crippen LogP contribution in [0, 0.1) is 0 Å². The van der Waals surface area contributed by atoms with Crippen molar-refractivity contribution in [2.24, 2.45) is 10.1 Å². The second kappa shape index (κ2) is 8.97. The van der Waals surface area contributed by atoms with Gasteiger partial charge in [-0.05, 0) is 60.1 Å². The van der Waals surface area contributed by atoms with Gasteiger partial charge >= 0.3 is 0 Å². The van der Waals surface area contributed by atoms with Crippen molar-refractivity contribution in [2.45, 2.75) is 19.9 Å². The number of aromatic nitrogens is 1. The van der Waals surface area contributed by atoms with Crippen LogP contribution < -0.4 is 14.9 Å². The van der Waals surface area contributed by atoms with Gasteiger partial charge in [0.1, 0.15) is 11.5 Å². The summed E-state index contributed by atoms with van der Waals surface area (Å²) in [4.78, 5) is 17.1. The molecule has 0 saturated carbocycles. The fourth-order valence-corrected chi connectivity index (χ4v) is 5.19. The molecule has 0 bridgehead atoms. The molecule has 1 amide bonds. The Kier molecular flexibility index (Phi) is 6.31. The number of nitrogens with zero attached hydrogens (tertiary/aromatic N) is 3. The zero-order chi connectivity index (χ0) is 22.1. The minimum absolute atomic E-state index is 0.0121. The number of thiazole rings is 1. The molecule has 2 aromatic carbocycles. The summed E-state index contributed by atoms with van der Waals surface area (Å²) in [7, 11) is 0. The van der Waals surface area contributed by atoms with E-state index in [9.17, 15) is 9.90 Å². The van der Waals surface area contributed by atoms with Crippen molar-refractivity contribution in [2.75, 3.05) is 11.9 Å². The van der Waals surface area contributed by atoms with E-state index in [-0.39, 0.29) is 24.3 Å². The predicted molar refractivity (Wildman–Crippen MR) is 129 cm³/mol. The Bertz CT molecular complexity index is 1260. The second-order valence-corrected chi connectivity index (χ2v) is 9.66. The predicted octanol–water partition coefficient (Wildman–Crippen LogP) is 4.97. The summed E-state index contributed by atoms with van der Waals surface area (Å²) in [6.45, 7) is 4.01. The van der Waals surface area contributed by atoms with Crippen molar-refractivity contribution in [1.82, 2.24) is 4.68 Å². The van der Waals surface area contributed by atoms with Crippen molar-refractivity contribution in [3.63, 3.8) is 0 Å². The number of amides is 1. The Balaban J connectivity index is 1.82. The smallest absolute Gasteiger partial charge is 0.262 e. The monoisotopic (exact) mass is 564 g/mol. The molecule has 1 aliphatic rings. The van der Waals surface area contributed by atoms with E-state index >= 15 is 0 Å². The lowest BCUT2D eigenvalue weighted by molar-refractivity contribution is -0.118. The van der Waals surface area contributed by atoms with E-state index in [4.69, 9.17) is 4.74 Å². The average molecular weight is 566 g/mol. The van der Waals surface area contributed by atoms with Crippen LogP contribution in [0.5, 0.6) is 11.5 Å². The molecule has 1 aliphatic heterocycles. The van der Waals surface area contributed by atoms with E-state index in [1.54, 1.807) is 23.0 Å². The van der Waals surface area contributed by atoms with Crippen molar-refractivity contribution in [3.05, 3.63) is 55.0 Å². The number of carbonyl (C=O) groups excluding carboxylic acids is 1. The highest BCUT2D eigenvalue weighted by Gasteiger charge is 2.18. The number of fused-ring (bicyclic) bond motifs is 1. The van der Waals surface area contributed by atoms with Crippen LogP contribution in [-0.2, 0) is 4.79 Å². The Morgan fingerprint density at radius 3 is 2.87 bits per heavy atom. The molecule has 160 valence electrons. The Morgan fingerprint density at radius 2 is 2.10 bits per heavy atom. The molecule has 31 heavy (non-hydrogen) atoms. The molecule has 0 radical (unpaired) electrons.